The summed E-state index contributed by atoms with van der Waals surface area (Å²) in [6.45, 7) is 2.29. The zero-order valence-corrected chi connectivity index (χ0v) is 12.5. The second-order valence-electron chi connectivity index (χ2n) is 4.06. The molecule has 0 aliphatic carbocycles. The van der Waals surface area contributed by atoms with Crippen LogP contribution in [0.25, 0.3) is 0 Å². The molecule has 0 saturated heterocycles. The summed E-state index contributed by atoms with van der Waals surface area (Å²) < 4.78 is 26.4. The third-order valence-corrected chi connectivity index (χ3v) is 5.16. The molecule has 0 unspecified atom stereocenters. The lowest BCUT2D eigenvalue weighted by atomic mass is 10.3. The molecule has 0 fully saturated rings. The average Bonchev–Trinajstić information content (AvgIpc) is 2.46. The third kappa shape index (κ3) is 3.15. The van der Waals surface area contributed by atoms with Gasteiger partial charge in [-0.25, -0.2) is 8.42 Å². The summed E-state index contributed by atoms with van der Waals surface area (Å²) in [4.78, 5) is 7.98. The topological polar surface area (TPSA) is 63.2 Å². The van der Waals surface area contributed by atoms with E-state index in [9.17, 15) is 8.42 Å². The van der Waals surface area contributed by atoms with Gasteiger partial charge in [0.2, 0.25) is 10.0 Å². The molecule has 7 heteroatoms. The van der Waals surface area contributed by atoms with Crippen LogP contribution in [0.5, 0.6) is 0 Å². The predicted octanol–water partition coefficient (Wildman–Crippen LogP) is 2.34. The quantitative estimate of drug-likeness (QED) is 0.850. The van der Waals surface area contributed by atoms with E-state index in [4.69, 9.17) is 11.6 Å². The van der Waals surface area contributed by atoms with Gasteiger partial charge >= 0.3 is 0 Å². The van der Waals surface area contributed by atoms with Gasteiger partial charge in [0, 0.05) is 25.1 Å². The van der Waals surface area contributed by atoms with Gasteiger partial charge in [0.1, 0.15) is 4.90 Å². The number of hydrogen-bond donors (Lipinski definition) is 0. The van der Waals surface area contributed by atoms with Gasteiger partial charge < -0.3 is 0 Å². The molecule has 0 N–H and O–H groups in total. The number of rotatable bonds is 5. The molecule has 0 atom stereocenters. The first-order valence-corrected chi connectivity index (χ1v) is 7.87. The van der Waals surface area contributed by atoms with Gasteiger partial charge in [-0.1, -0.05) is 24.6 Å². The smallest absolute Gasteiger partial charge is 0.246 e. The van der Waals surface area contributed by atoms with Gasteiger partial charge in [-0.05, 0) is 18.2 Å². The molecular formula is C13H14ClN3O2S. The molecule has 0 radical (unpaired) electrons. The first kappa shape index (κ1) is 14.9. The Morgan fingerprint density at radius 2 is 2.05 bits per heavy atom. The Hall–Kier alpha value is -1.50. The van der Waals surface area contributed by atoms with Crippen molar-refractivity contribution in [3.05, 3.63) is 53.6 Å². The second kappa shape index (κ2) is 6.30. The van der Waals surface area contributed by atoms with E-state index >= 15 is 0 Å². The average molecular weight is 312 g/mol. The molecule has 0 bridgehead atoms. The minimum Gasteiger partial charge on any atom is -0.263 e. The van der Waals surface area contributed by atoms with E-state index in [2.05, 4.69) is 9.97 Å². The van der Waals surface area contributed by atoms with E-state index in [1.807, 2.05) is 6.07 Å². The second-order valence-corrected chi connectivity index (χ2v) is 6.37. The molecule has 2 aromatic rings. The van der Waals surface area contributed by atoms with E-state index in [-0.39, 0.29) is 16.5 Å². The zero-order chi connectivity index (χ0) is 14.6. The van der Waals surface area contributed by atoms with Crippen molar-refractivity contribution in [2.45, 2.75) is 18.4 Å². The molecule has 0 spiro atoms. The van der Waals surface area contributed by atoms with Gasteiger partial charge in [0.25, 0.3) is 0 Å². The molecule has 20 heavy (non-hydrogen) atoms. The number of nitrogens with zero attached hydrogens (tertiary/aromatic N) is 3. The molecule has 2 heterocycles. The summed E-state index contributed by atoms with van der Waals surface area (Å²) in [6, 6.07) is 6.85. The van der Waals surface area contributed by atoms with Crippen LogP contribution in [0.1, 0.15) is 12.6 Å². The summed E-state index contributed by atoms with van der Waals surface area (Å²) in [5, 5.41) is 0.166. The summed E-state index contributed by atoms with van der Waals surface area (Å²) in [6.07, 6.45) is 4.35. The molecule has 0 aliphatic rings. The van der Waals surface area contributed by atoms with Crippen molar-refractivity contribution >= 4 is 21.6 Å². The monoisotopic (exact) mass is 311 g/mol. The van der Waals surface area contributed by atoms with Gasteiger partial charge in [0.15, 0.2) is 0 Å². The van der Waals surface area contributed by atoms with Crippen LogP contribution in [0, 0.1) is 0 Å². The Morgan fingerprint density at radius 3 is 2.65 bits per heavy atom. The Labute approximate surface area is 123 Å². The van der Waals surface area contributed by atoms with Crippen LogP contribution in [0.15, 0.2) is 47.8 Å². The molecule has 0 aliphatic heterocycles. The first-order valence-electron chi connectivity index (χ1n) is 6.05. The van der Waals surface area contributed by atoms with Crippen LogP contribution in [0.2, 0.25) is 5.02 Å². The standard InChI is InChI=1S/C13H14ClN3O2S/c1-2-17(10-11-5-3-4-7-16-11)20(18,19)13-9-15-8-6-12(13)14/h3-9H,2,10H2,1H3. The van der Waals surface area contributed by atoms with Gasteiger partial charge in [-0.15, -0.1) is 0 Å². The largest absolute Gasteiger partial charge is 0.263 e. The van der Waals surface area contributed by atoms with Crippen LogP contribution < -0.4 is 0 Å². The van der Waals surface area contributed by atoms with Gasteiger partial charge in [-0.2, -0.15) is 4.31 Å². The maximum atomic E-state index is 12.6. The Bertz CT molecular complexity index is 677. The van der Waals surface area contributed by atoms with Crippen molar-refractivity contribution in [2.75, 3.05) is 6.54 Å². The molecule has 2 rings (SSSR count). The van der Waals surface area contributed by atoms with Crippen LogP contribution in [0.4, 0.5) is 0 Å². The zero-order valence-electron chi connectivity index (χ0n) is 10.9. The summed E-state index contributed by atoms with van der Waals surface area (Å²) in [7, 11) is -3.68. The minimum absolute atomic E-state index is 0.0134. The van der Waals surface area contributed by atoms with Crippen molar-refractivity contribution in [3.8, 4) is 0 Å². The highest BCUT2D eigenvalue weighted by molar-refractivity contribution is 7.89. The van der Waals surface area contributed by atoms with Crippen LogP contribution in [-0.4, -0.2) is 29.2 Å². The fraction of sp³-hybridized carbons (Fsp3) is 0.231. The van der Waals surface area contributed by atoms with Crippen molar-refractivity contribution in [2.24, 2.45) is 0 Å². The van der Waals surface area contributed by atoms with E-state index in [0.29, 0.717) is 12.2 Å². The fourth-order valence-electron chi connectivity index (χ4n) is 1.73. The normalized spacial score (nSPS) is 11.8. The lowest BCUT2D eigenvalue weighted by Gasteiger charge is -2.20. The lowest BCUT2D eigenvalue weighted by Crippen LogP contribution is -2.31. The predicted molar refractivity (Wildman–Crippen MR) is 76.8 cm³/mol. The minimum atomic E-state index is -3.68. The Balaban J connectivity index is 2.34. The first-order chi connectivity index (χ1) is 9.55. The summed E-state index contributed by atoms with van der Waals surface area (Å²) in [5.41, 5.74) is 0.679. The number of hydrogen-bond acceptors (Lipinski definition) is 4. The number of halogens is 1. The lowest BCUT2D eigenvalue weighted by molar-refractivity contribution is 0.419. The van der Waals surface area contributed by atoms with Gasteiger partial charge in [0.05, 0.1) is 17.3 Å². The Morgan fingerprint density at radius 1 is 1.25 bits per heavy atom. The van der Waals surface area contributed by atoms with Crippen molar-refractivity contribution in [3.63, 3.8) is 0 Å². The van der Waals surface area contributed by atoms with Gasteiger partial charge in [-0.3, -0.25) is 9.97 Å². The number of pyridine rings is 2. The van der Waals surface area contributed by atoms with Crippen LogP contribution in [0.3, 0.4) is 0 Å². The molecule has 5 nitrogen and oxygen atoms in total. The highest BCUT2D eigenvalue weighted by Crippen LogP contribution is 2.24. The van der Waals surface area contributed by atoms with Crippen LogP contribution in [-0.2, 0) is 16.6 Å². The molecule has 0 amide bonds. The van der Waals surface area contributed by atoms with Crippen molar-refractivity contribution in [1.29, 1.82) is 0 Å². The molecule has 106 valence electrons. The highest BCUT2D eigenvalue weighted by Gasteiger charge is 2.26. The van der Waals surface area contributed by atoms with E-state index in [1.54, 1.807) is 25.3 Å². The SMILES string of the molecule is CCN(Cc1ccccn1)S(=O)(=O)c1cnccc1Cl. The maximum absolute atomic E-state index is 12.6. The van der Waals surface area contributed by atoms with Crippen LogP contribution >= 0.6 is 11.6 Å². The Kier molecular flexibility index (Phi) is 4.69. The fourth-order valence-corrected chi connectivity index (χ4v) is 3.56. The summed E-state index contributed by atoms with van der Waals surface area (Å²) >= 11 is 5.95. The third-order valence-electron chi connectivity index (χ3n) is 2.77. The number of sulfonamides is 1. The van der Waals surface area contributed by atoms with Crippen molar-refractivity contribution < 1.29 is 8.42 Å². The molecular weight excluding hydrogens is 298 g/mol. The maximum Gasteiger partial charge on any atom is 0.246 e. The molecule has 2 aromatic heterocycles. The molecule has 0 aromatic carbocycles. The van der Waals surface area contributed by atoms with Crippen molar-refractivity contribution in [1.82, 2.24) is 14.3 Å². The summed E-state index contributed by atoms with van der Waals surface area (Å²) in [5.74, 6) is 0. The number of aromatic nitrogens is 2. The molecule has 0 saturated carbocycles. The van der Waals surface area contributed by atoms with E-state index in [0.717, 1.165) is 0 Å². The highest BCUT2D eigenvalue weighted by atomic mass is 35.5. The van der Waals surface area contributed by atoms with E-state index in [1.165, 1.54) is 22.8 Å². The van der Waals surface area contributed by atoms with E-state index < -0.39 is 10.0 Å².